The molecule has 1 rings (SSSR count). The first-order chi connectivity index (χ1) is 5.72. The number of aryl methyl sites for hydroxylation is 1. The van der Waals surface area contributed by atoms with Gasteiger partial charge in [-0.1, -0.05) is 20.8 Å². The lowest BCUT2D eigenvalue weighted by Crippen LogP contribution is -1.84. The molecule has 0 aromatic heterocycles. The van der Waals surface area contributed by atoms with Crippen molar-refractivity contribution in [3.8, 4) is 0 Å². The van der Waals surface area contributed by atoms with Crippen LogP contribution in [-0.2, 0) is 6.42 Å². The Morgan fingerprint density at radius 2 is 1.38 bits per heavy atom. The number of halogens is 3. The zero-order valence-corrected chi connectivity index (χ0v) is 8.92. The Hall–Kier alpha value is -0.630. The Kier molecular flexibility index (Phi) is 9.14. The van der Waals surface area contributed by atoms with Gasteiger partial charge in [0, 0.05) is 6.07 Å². The molecule has 0 amide bonds. The second kappa shape index (κ2) is 7.99. The lowest BCUT2D eigenvalue weighted by Gasteiger charge is -1.95. The van der Waals surface area contributed by atoms with Crippen molar-refractivity contribution < 1.29 is 8.78 Å². The Bertz CT molecular complexity index is 216. The lowest BCUT2D eigenvalue weighted by molar-refractivity contribution is 0.580. The standard InChI is InChI=1S/C8H8F2.C2H6.ClH/c1-2-6-3-7(9)5-8(10)4-6;1-2;/h3-5H,2H2,1H3;1-2H3;1H. The van der Waals surface area contributed by atoms with Crippen LogP contribution >= 0.6 is 12.4 Å². The maximum absolute atomic E-state index is 12.4. The van der Waals surface area contributed by atoms with Crippen molar-refractivity contribution in [1.82, 2.24) is 0 Å². The van der Waals surface area contributed by atoms with Crippen LogP contribution in [0.3, 0.4) is 0 Å². The number of hydrogen-bond acceptors (Lipinski definition) is 0. The van der Waals surface area contributed by atoms with Gasteiger partial charge in [-0.05, 0) is 24.1 Å². The molecule has 0 saturated carbocycles. The summed E-state index contributed by atoms with van der Waals surface area (Å²) < 4.78 is 24.8. The summed E-state index contributed by atoms with van der Waals surface area (Å²) in [6.45, 7) is 5.86. The first-order valence-corrected chi connectivity index (χ1v) is 4.17. The average Bonchev–Trinajstić information content (AvgIpc) is 2.06. The van der Waals surface area contributed by atoms with Crippen LogP contribution in [0.25, 0.3) is 0 Å². The lowest BCUT2D eigenvalue weighted by atomic mass is 10.2. The summed E-state index contributed by atoms with van der Waals surface area (Å²) in [4.78, 5) is 0. The largest absolute Gasteiger partial charge is 0.207 e. The summed E-state index contributed by atoms with van der Waals surface area (Å²) in [7, 11) is 0. The van der Waals surface area contributed by atoms with Crippen LogP contribution in [-0.4, -0.2) is 0 Å². The quantitative estimate of drug-likeness (QED) is 0.655. The molecule has 3 heteroatoms. The summed E-state index contributed by atoms with van der Waals surface area (Å²) in [5.74, 6) is -1.01. The topological polar surface area (TPSA) is 0 Å². The fraction of sp³-hybridized carbons (Fsp3) is 0.400. The molecule has 76 valence electrons. The van der Waals surface area contributed by atoms with Crippen molar-refractivity contribution in [3.63, 3.8) is 0 Å². The highest BCUT2D eigenvalue weighted by molar-refractivity contribution is 5.85. The fourth-order valence-corrected chi connectivity index (χ4v) is 0.815. The van der Waals surface area contributed by atoms with Crippen LogP contribution in [0.15, 0.2) is 18.2 Å². The third-order valence-corrected chi connectivity index (χ3v) is 1.33. The van der Waals surface area contributed by atoms with Crippen molar-refractivity contribution in [3.05, 3.63) is 35.4 Å². The Balaban J connectivity index is 0. The first-order valence-electron chi connectivity index (χ1n) is 4.17. The predicted molar refractivity (Wildman–Crippen MR) is 54.3 cm³/mol. The Morgan fingerprint density at radius 1 is 1.00 bits per heavy atom. The highest BCUT2D eigenvalue weighted by Crippen LogP contribution is 2.07. The van der Waals surface area contributed by atoms with E-state index in [2.05, 4.69) is 0 Å². The molecule has 0 saturated heterocycles. The van der Waals surface area contributed by atoms with E-state index >= 15 is 0 Å². The highest BCUT2D eigenvalue weighted by Gasteiger charge is 1.96. The van der Waals surface area contributed by atoms with E-state index in [0.717, 1.165) is 6.07 Å². The summed E-state index contributed by atoms with van der Waals surface area (Å²) in [5.41, 5.74) is 0.692. The van der Waals surface area contributed by atoms with Crippen molar-refractivity contribution in [2.24, 2.45) is 0 Å². The zero-order chi connectivity index (χ0) is 9.56. The Morgan fingerprint density at radius 3 is 1.69 bits per heavy atom. The van der Waals surface area contributed by atoms with Crippen LogP contribution in [0.5, 0.6) is 0 Å². The van der Waals surface area contributed by atoms with E-state index in [1.165, 1.54) is 12.1 Å². The molecule has 1 aromatic rings. The minimum absolute atomic E-state index is 0. The van der Waals surface area contributed by atoms with Crippen LogP contribution in [0, 0.1) is 11.6 Å². The molecule has 13 heavy (non-hydrogen) atoms. The summed E-state index contributed by atoms with van der Waals surface area (Å²) in [6, 6.07) is 3.55. The maximum atomic E-state index is 12.4. The fourth-order valence-electron chi connectivity index (χ4n) is 0.815. The molecule has 0 atom stereocenters. The molecule has 0 radical (unpaired) electrons. The van der Waals surface area contributed by atoms with E-state index in [9.17, 15) is 8.78 Å². The summed E-state index contributed by atoms with van der Waals surface area (Å²) in [5, 5.41) is 0. The molecule has 0 spiro atoms. The minimum atomic E-state index is -0.503. The zero-order valence-electron chi connectivity index (χ0n) is 8.10. The molecular weight excluding hydrogens is 194 g/mol. The number of hydrogen-bond donors (Lipinski definition) is 0. The molecule has 1 aromatic carbocycles. The molecule has 0 fully saturated rings. The van der Waals surface area contributed by atoms with E-state index in [1.807, 2.05) is 20.8 Å². The van der Waals surface area contributed by atoms with Crippen LogP contribution in [0.2, 0.25) is 0 Å². The van der Waals surface area contributed by atoms with E-state index < -0.39 is 11.6 Å². The van der Waals surface area contributed by atoms with Gasteiger partial charge in [-0.15, -0.1) is 12.4 Å². The van der Waals surface area contributed by atoms with Crippen LogP contribution < -0.4 is 0 Å². The predicted octanol–water partition coefficient (Wildman–Crippen LogP) is 3.98. The molecule has 0 aliphatic rings. The molecule has 0 nitrogen and oxygen atoms in total. The van der Waals surface area contributed by atoms with E-state index in [1.54, 1.807) is 0 Å². The van der Waals surface area contributed by atoms with Crippen molar-refractivity contribution in [1.29, 1.82) is 0 Å². The van der Waals surface area contributed by atoms with Gasteiger partial charge in [-0.25, -0.2) is 8.78 Å². The first kappa shape index (κ1) is 14.9. The van der Waals surface area contributed by atoms with Gasteiger partial charge in [0.25, 0.3) is 0 Å². The van der Waals surface area contributed by atoms with Gasteiger partial charge in [0.1, 0.15) is 11.6 Å². The molecule has 0 aliphatic heterocycles. The van der Waals surface area contributed by atoms with Gasteiger partial charge in [0.2, 0.25) is 0 Å². The van der Waals surface area contributed by atoms with Gasteiger partial charge in [-0.2, -0.15) is 0 Å². The Labute approximate surface area is 84.4 Å². The molecule has 0 N–H and O–H groups in total. The van der Waals surface area contributed by atoms with E-state index in [-0.39, 0.29) is 12.4 Å². The van der Waals surface area contributed by atoms with Crippen molar-refractivity contribution in [2.45, 2.75) is 27.2 Å². The van der Waals surface area contributed by atoms with Crippen LogP contribution in [0.1, 0.15) is 26.3 Å². The van der Waals surface area contributed by atoms with Gasteiger partial charge in [0.15, 0.2) is 0 Å². The van der Waals surface area contributed by atoms with Gasteiger partial charge >= 0.3 is 0 Å². The van der Waals surface area contributed by atoms with E-state index in [0.29, 0.717) is 12.0 Å². The second-order valence-corrected chi connectivity index (χ2v) is 2.13. The van der Waals surface area contributed by atoms with Gasteiger partial charge in [0.05, 0.1) is 0 Å². The highest BCUT2D eigenvalue weighted by atomic mass is 35.5. The third kappa shape index (κ3) is 5.58. The smallest absolute Gasteiger partial charge is 0.126 e. The molecule has 0 bridgehead atoms. The molecular formula is C10H15ClF2. The van der Waals surface area contributed by atoms with E-state index in [4.69, 9.17) is 0 Å². The average molecular weight is 209 g/mol. The van der Waals surface area contributed by atoms with Gasteiger partial charge in [-0.3, -0.25) is 0 Å². The van der Waals surface area contributed by atoms with Crippen molar-refractivity contribution in [2.75, 3.05) is 0 Å². The monoisotopic (exact) mass is 208 g/mol. The van der Waals surface area contributed by atoms with Crippen molar-refractivity contribution >= 4 is 12.4 Å². The van der Waals surface area contributed by atoms with Gasteiger partial charge < -0.3 is 0 Å². The maximum Gasteiger partial charge on any atom is 0.126 e. The van der Waals surface area contributed by atoms with Crippen LogP contribution in [0.4, 0.5) is 8.78 Å². The molecule has 0 heterocycles. The second-order valence-electron chi connectivity index (χ2n) is 2.13. The number of benzene rings is 1. The SMILES string of the molecule is CC.CCc1cc(F)cc(F)c1.Cl. The number of rotatable bonds is 1. The normalized spacial score (nSPS) is 8.08. The minimum Gasteiger partial charge on any atom is -0.207 e. The molecule has 0 aliphatic carbocycles. The third-order valence-electron chi connectivity index (χ3n) is 1.33. The molecule has 0 unspecified atom stereocenters. The summed E-state index contributed by atoms with van der Waals surface area (Å²) >= 11 is 0. The summed E-state index contributed by atoms with van der Waals surface area (Å²) in [6.07, 6.45) is 0.661.